The zero-order valence-corrected chi connectivity index (χ0v) is 30.7. The van der Waals surface area contributed by atoms with Gasteiger partial charge in [0.05, 0.1) is 11.0 Å². The number of benzene rings is 10. The van der Waals surface area contributed by atoms with E-state index in [1.165, 1.54) is 76.4 Å². The van der Waals surface area contributed by atoms with Gasteiger partial charge in [-0.05, 0) is 110 Å². The second-order valence-electron chi connectivity index (χ2n) is 14.6. The Morgan fingerprint density at radius 3 is 1.55 bits per heavy atom. The lowest BCUT2D eigenvalue weighted by atomic mass is 9.97. The molecule has 0 N–H and O–H groups in total. The molecule has 0 aliphatic heterocycles. The van der Waals surface area contributed by atoms with Gasteiger partial charge in [0.2, 0.25) is 0 Å². The highest BCUT2D eigenvalue weighted by molar-refractivity contribution is 6.19. The molecule has 10 aromatic carbocycles. The molecule has 56 heavy (non-hydrogen) atoms. The van der Waals surface area contributed by atoms with Crippen LogP contribution in [0, 0.1) is 0 Å². The summed E-state index contributed by atoms with van der Waals surface area (Å²) in [6.07, 6.45) is 0. The lowest BCUT2D eigenvalue weighted by Crippen LogP contribution is -2.10. The Balaban J connectivity index is 1.07. The minimum Gasteiger partial charge on any atom is -0.310 e. The second-order valence-corrected chi connectivity index (χ2v) is 14.6. The molecule has 0 radical (unpaired) electrons. The van der Waals surface area contributed by atoms with Gasteiger partial charge >= 0.3 is 0 Å². The molecule has 0 aliphatic carbocycles. The summed E-state index contributed by atoms with van der Waals surface area (Å²) in [6.45, 7) is 0. The van der Waals surface area contributed by atoms with E-state index in [0.29, 0.717) is 0 Å². The summed E-state index contributed by atoms with van der Waals surface area (Å²) in [6, 6.07) is 79.5. The molecule has 1 heterocycles. The summed E-state index contributed by atoms with van der Waals surface area (Å²) >= 11 is 0. The van der Waals surface area contributed by atoms with Gasteiger partial charge < -0.3 is 9.47 Å². The molecule has 0 amide bonds. The van der Waals surface area contributed by atoms with Gasteiger partial charge in [0.1, 0.15) is 0 Å². The molecule has 0 atom stereocenters. The molecule has 2 heteroatoms. The number of hydrogen-bond donors (Lipinski definition) is 0. The zero-order valence-electron chi connectivity index (χ0n) is 30.7. The Morgan fingerprint density at radius 1 is 0.286 bits per heavy atom. The van der Waals surface area contributed by atoms with E-state index >= 15 is 0 Å². The first-order chi connectivity index (χ1) is 27.8. The van der Waals surface area contributed by atoms with Gasteiger partial charge in [0, 0.05) is 38.9 Å². The molecule has 0 spiro atoms. The number of nitrogens with zero attached hydrogens (tertiary/aromatic N) is 2. The summed E-state index contributed by atoms with van der Waals surface area (Å²) < 4.78 is 2.43. The molecule has 0 bridgehead atoms. The summed E-state index contributed by atoms with van der Waals surface area (Å²) in [5.74, 6) is 0. The Kier molecular flexibility index (Phi) is 7.53. The van der Waals surface area contributed by atoms with Crippen LogP contribution in [-0.2, 0) is 0 Å². The van der Waals surface area contributed by atoms with E-state index < -0.39 is 0 Å². The fourth-order valence-corrected chi connectivity index (χ4v) is 8.63. The maximum Gasteiger partial charge on any atom is 0.0620 e. The van der Waals surface area contributed by atoms with Crippen molar-refractivity contribution in [3.8, 4) is 27.9 Å². The van der Waals surface area contributed by atoms with Gasteiger partial charge in [-0.3, -0.25) is 0 Å². The van der Waals surface area contributed by atoms with Crippen molar-refractivity contribution < 1.29 is 0 Å². The third kappa shape index (κ3) is 5.34. The Hall–Kier alpha value is -7.42. The number of aromatic nitrogens is 1. The van der Waals surface area contributed by atoms with Crippen molar-refractivity contribution in [2.45, 2.75) is 0 Å². The smallest absolute Gasteiger partial charge is 0.0620 e. The minimum absolute atomic E-state index is 1.10. The summed E-state index contributed by atoms with van der Waals surface area (Å²) in [5.41, 5.74) is 11.7. The van der Waals surface area contributed by atoms with Crippen LogP contribution in [0.3, 0.4) is 0 Å². The van der Waals surface area contributed by atoms with Crippen molar-refractivity contribution in [2.75, 3.05) is 4.90 Å². The Morgan fingerprint density at radius 2 is 0.786 bits per heavy atom. The van der Waals surface area contributed by atoms with E-state index in [-0.39, 0.29) is 0 Å². The predicted molar refractivity (Wildman–Crippen MR) is 239 cm³/mol. The molecule has 0 unspecified atom stereocenters. The van der Waals surface area contributed by atoms with Gasteiger partial charge in [0.15, 0.2) is 0 Å². The quantitative estimate of drug-likeness (QED) is 0.156. The van der Waals surface area contributed by atoms with E-state index in [9.17, 15) is 0 Å². The Bertz CT molecular complexity index is 3210. The van der Waals surface area contributed by atoms with Gasteiger partial charge in [-0.25, -0.2) is 0 Å². The summed E-state index contributed by atoms with van der Waals surface area (Å²) in [4.78, 5) is 2.39. The fraction of sp³-hybridized carbons (Fsp3) is 0. The van der Waals surface area contributed by atoms with Crippen LogP contribution < -0.4 is 4.90 Å². The van der Waals surface area contributed by atoms with Crippen molar-refractivity contribution in [2.24, 2.45) is 0 Å². The molecule has 0 saturated carbocycles. The summed E-state index contributed by atoms with van der Waals surface area (Å²) in [5, 5.41) is 10.0. The van der Waals surface area contributed by atoms with E-state index in [4.69, 9.17) is 0 Å². The van der Waals surface area contributed by atoms with E-state index in [0.717, 1.165) is 22.7 Å². The SMILES string of the molecule is c1ccc(-c2ccc(N(c3ccc(-c4ccc5c(ccc6ccccc65)c4)cc3)c3ccc4ccc5c6ccccc6n(-c6ccccc6)c5c4c3)cc2)cc1. The Labute approximate surface area is 325 Å². The van der Waals surface area contributed by atoms with Crippen LogP contribution in [0.25, 0.3) is 82.1 Å². The predicted octanol–water partition coefficient (Wildman–Crippen LogP) is 15.0. The molecule has 11 rings (SSSR count). The third-order valence-electron chi connectivity index (χ3n) is 11.3. The highest BCUT2D eigenvalue weighted by Crippen LogP contribution is 2.42. The standard InChI is InChI=1S/C54H36N2/c1-3-11-37(12-4-1)38-21-28-45(29-22-38)55(46-30-23-39(24-31-46)42-27-33-49-43(35-42)20-19-40-13-7-8-16-48(40)49)47-32-25-41-26-34-51-50-17-9-10-18-53(50)56(54(51)52(41)36-47)44-14-5-2-6-15-44/h1-36H. The topological polar surface area (TPSA) is 8.17 Å². The minimum atomic E-state index is 1.10. The fourth-order valence-electron chi connectivity index (χ4n) is 8.63. The zero-order chi connectivity index (χ0) is 37.0. The highest BCUT2D eigenvalue weighted by atomic mass is 15.1. The first kappa shape index (κ1) is 32.0. The maximum atomic E-state index is 2.43. The normalized spacial score (nSPS) is 11.6. The average molecular weight is 713 g/mol. The lowest BCUT2D eigenvalue weighted by molar-refractivity contribution is 1.19. The van der Waals surface area contributed by atoms with Crippen molar-refractivity contribution in [3.63, 3.8) is 0 Å². The van der Waals surface area contributed by atoms with Gasteiger partial charge in [-0.1, -0.05) is 158 Å². The van der Waals surface area contributed by atoms with Gasteiger partial charge in [-0.2, -0.15) is 0 Å². The molecular weight excluding hydrogens is 677 g/mol. The molecular formula is C54H36N2. The first-order valence-corrected chi connectivity index (χ1v) is 19.3. The van der Waals surface area contributed by atoms with Gasteiger partial charge in [0.25, 0.3) is 0 Å². The first-order valence-electron chi connectivity index (χ1n) is 19.3. The van der Waals surface area contributed by atoms with E-state index in [2.05, 4.69) is 228 Å². The van der Waals surface area contributed by atoms with Crippen LogP contribution >= 0.6 is 0 Å². The second kappa shape index (κ2) is 13.2. The van der Waals surface area contributed by atoms with Crippen molar-refractivity contribution in [1.82, 2.24) is 4.57 Å². The van der Waals surface area contributed by atoms with Crippen molar-refractivity contribution >= 4 is 71.2 Å². The molecule has 0 fully saturated rings. The van der Waals surface area contributed by atoms with E-state index in [1.54, 1.807) is 0 Å². The van der Waals surface area contributed by atoms with Crippen LogP contribution in [0.1, 0.15) is 0 Å². The van der Waals surface area contributed by atoms with Crippen LogP contribution in [0.2, 0.25) is 0 Å². The van der Waals surface area contributed by atoms with Crippen molar-refractivity contribution in [3.05, 3.63) is 218 Å². The van der Waals surface area contributed by atoms with Crippen molar-refractivity contribution in [1.29, 1.82) is 0 Å². The average Bonchev–Trinajstić information content (AvgIpc) is 3.62. The molecule has 2 nitrogen and oxygen atoms in total. The number of hydrogen-bond acceptors (Lipinski definition) is 1. The molecule has 0 saturated heterocycles. The van der Waals surface area contributed by atoms with Crippen LogP contribution in [0.5, 0.6) is 0 Å². The van der Waals surface area contributed by atoms with Crippen LogP contribution in [0.15, 0.2) is 218 Å². The third-order valence-corrected chi connectivity index (χ3v) is 11.3. The number of anilines is 3. The maximum absolute atomic E-state index is 2.43. The number of para-hydroxylation sites is 2. The molecule has 1 aromatic heterocycles. The lowest BCUT2D eigenvalue weighted by Gasteiger charge is -2.26. The van der Waals surface area contributed by atoms with E-state index in [1.807, 2.05) is 0 Å². The number of rotatable bonds is 6. The van der Waals surface area contributed by atoms with Crippen LogP contribution in [-0.4, -0.2) is 4.57 Å². The molecule has 11 aromatic rings. The van der Waals surface area contributed by atoms with Crippen LogP contribution in [0.4, 0.5) is 17.1 Å². The largest absolute Gasteiger partial charge is 0.310 e. The molecule has 262 valence electrons. The summed E-state index contributed by atoms with van der Waals surface area (Å²) in [7, 11) is 0. The molecule has 0 aliphatic rings. The number of fused-ring (bicyclic) bond motifs is 8. The monoisotopic (exact) mass is 712 g/mol. The van der Waals surface area contributed by atoms with Gasteiger partial charge in [-0.15, -0.1) is 0 Å². The highest BCUT2D eigenvalue weighted by Gasteiger charge is 2.18.